The maximum Gasteiger partial charge on any atom is 0.226 e. The quantitative estimate of drug-likeness (QED) is 0.731. The van der Waals surface area contributed by atoms with Crippen molar-refractivity contribution in [2.24, 2.45) is 0 Å². The second-order valence-electron chi connectivity index (χ2n) is 7.62. The molecule has 3 rings (SSSR count). The van der Waals surface area contributed by atoms with Gasteiger partial charge in [0.05, 0.1) is 5.69 Å². The third-order valence-electron chi connectivity index (χ3n) is 5.57. The van der Waals surface area contributed by atoms with E-state index in [2.05, 4.69) is 9.88 Å². The summed E-state index contributed by atoms with van der Waals surface area (Å²) in [6.45, 7) is 6.23. The fourth-order valence-corrected chi connectivity index (χ4v) is 3.61. The average Bonchev–Trinajstić information content (AvgIpc) is 2.77. The SMILES string of the molecule is CCC(=O)N(C)c1ccc(N2CCN(C(=O)CCc3ccc(C)nc3)CC2)cc1F. The summed E-state index contributed by atoms with van der Waals surface area (Å²) >= 11 is 0. The highest BCUT2D eigenvalue weighted by atomic mass is 19.1. The van der Waals surface area contributed by atoms with Crippen molar-refractivity contribution in [3.05, 3.63) is 53.6 Å². The molecule has 0 aliphatic carbocycles. The Balaban J connectivity index is 1.53. The monoisotopic (exact) mass is 412 g/mol. The van der Waals surface area contributed by atoms with Crippen LogP contribution in [-0.2, 0) is 16.0 Å². The number of piperazine rings is 1. The van der Waals surface area contributed by atoms with Gasteiger partial charge < -0.3 is 14.7 Å². The van der Waals surface area contributed by atoms with Crippen LogP contribution in [0.4, 0.5) is 15.8 Å². The Morgan fingerprint density at radius 3 is 2.47 bits per heavy atom. The number of benzene rings is 1. The van der Waals surface area contributed by atoms with Gasteiger partial charge in [-0.05, 0) is 43.2 Å². The van der Waals surface area contributed by atoms with Crippen LogP contribution in [0.1, 0.15) is 31.0 Å². The highest BCUT2D eigenvalue weighted by Gasteiger charge is 2.22. The molecular formula is C23H29FN4O2. The molecule has 1 saturated heterocycles. The van der Waals surface area contributed by atoms with Crippen molar-refractivity contribution in [3.8, 4) is 0 Å². The molecule has 0 N–H and O–H groups in total. The lowest BCUT2D eigenvalue weighted by Gasteiger charge is -2.36. The lowest BCUT2D eigenvalue weighted by atomic mass is 10.1. The van der Waals surface area contributed by atoms with E-state index in [0.29, 0.717) is 45.4 Å². The van der Waals surface area contributed by atoms with Gasteiger partial charge in [-0.1, -0.05) is 13.0 Å². The van der Waals surface area contributed by atoms with E-state index in [1.807, 2.05) is 36.2 Å². The van der Waals surface area contributed by atoms with E-state index in [-0.39, 0.29) is 17.5 Å². The molecule has 2 amide bonds. The summed E-state index contributed by atoms with van der Waals surface area (Å²) in [6, 6.07) is 8.91. The molecule has 160 valence electrons. The van der Waals surface area contributed by atoms with Crippen LogP contribution in [0.25, 0.3) is 0 Å². The summed E-state index contributed by atoms with van der Waals surface area (Å²) in [6.07, 6.45) is 3.30. The Morgan fingerprint density at radius 1 is 1.13 bits per heavy atom. The fraction of sp³-hybridized carbons (Fsp3) is 0.435. The molecule has 2 heterocycles. The van der Waals surface area contributed by atoms with Crippen molar-refractivity contribution in [2.75, 3.05) is 43.0 Å². The third-order valence-corrected chi connectivity index (χ3v) is 5.57. The van der Waals surface area contributed by atoms with E-state index >= 15 is 0 Å². The predicted molar refractivity (Wildman–Crippen MR) is 116 cm³/mol. The van der Waals surface area contributed by atoms with E-state index in [1.165, 1.54) is 11.0 Å². The van der Waals surface area contributed by atoms with Crippen LogP contribution >= 0.6 is 0 Å². The number of aromatic nitrogens is 1. The van der Waals surface area contributed by atoms with E-state index in [0.717, 1.165) is 16.9 Å². The fourth-order valence-electron chi connectivity index (χ4n) is 3.61. The van der Waals surface area contributed by atoms with Crippen molar-refractivity contribution >= 4 is 23.2 Å². The van der Waals surface area contributed by atoms with Gasteiger partial charge in [-0.3, -0.25) is 14.6 Å². The van der Waals surface area contributed by atoms with Crippen LogP contribution in [0.2, 0.25) is 0 Å². The third kappa shape index (κ3) is 5.14. The Labute approximate surface area is 177 Å². The summed E-state index contributed by atoms with van der Waals surface area (Å²) < 4.78 is 14.6. The molecule has 1 aromatic carbocycles. The molecule has 1 aliphatic rings. The second-order valence-corrected chi connectivity index (χ2v) is 7.62. The smallest absolute Gasteiger partial charge is 0.226 e. The largest absolute Gasteiger partial charge is 0.368 e. The number of amides is 2. The van der Waals surface area contributed by atoms with Crippen molar-refractivity contribution in [1.29, 1.82) is 0 Å². The first-order chi connectivity index (χ1) is 14.4. The second kappa shape index (κ2) is 9.69. The number of rotatable bonds is 6. The average molecular weight is 413 g/mol. The molecule has 0 bridgehead atoms. The number of carbonyl (C=O) groups is 2. The lowest BCUT2D eigenvalue weighted by molar-refractivity contribution is -0.131. The van der Waals surface area contributed by atoms with Gasteiger partial charge in [-0.25, -0.2) is 4.39 Å². The van der Waals surface area contributed by atoms with Gasteiger partial charge in [0.25, 0.3) is 0 Å². The van der Waals surface area contributed by atoms with Crippen LogP contribution in [-0.4, -0.2) is 54.9 Å². The van der Waals surface area contributed by atoms with E-state index in [4.69, 9.17) is 0 Å². The van der Waals surface area contributed by atoms with E-state index in [1.54, 1.807) is 20.0 Å². The summed E-state index contributed by atoms with van der Waals surface area (Å²) in [5.74, 6) is -0.409. The Hall–Kier alpha value is -2.96. The molecule has 30 heavy (non-hydrogen) atoms. The molecule has 0 spiro atoms. The van der Waals surface area contributed by atoms with Crippen molar-refractivity contribution < 1.29 is 14.0 Å². The van der Waals surface area contributed by atoms with Crippen LogP contribution in [0.3, 0.4) is 0 Å². The first kappa shape index (κ1) is 21.7. The maximum atomic E-state index is 14.6. The van der Waals surface area contributed by atoms with Crippen molar-refractivity contribution in [1.82, 2.24) is 9.88 Å². The minimum absolute atomic E-state index is 0.129. The Bertz CT molecular complexity index is 893. The number of hydrogen-bond acceptors (Lipinski definition) is 4. The van der Waals surface area contributed by atoms with Gasteiger partial charge in [-0.2, -0.15) is 0 Å². The van der Waals surface area contributed by atoms with Crippen molar-refractivity contribution in [3.63, 3.8) is 0 Å². The molecule has 0 atom stereocenters. The van der Waals surface area contributed by atoms with E-state index < -0.39 is 5.82 Å². The number of nitrogens with zero attached hydrogens (tertiary/aromatic N) is 4. The summed E-state index contributed by atoms with van der Waals surface area (Å²) in [4.78, 5) is 33.9. The van der Waals surface area contributed by atoms with Gasteiger partial charge in [0, 0.05) is 63.6 Å². The number of hydrogen-bond donors (Lipinski definition) is 0. The van der Waals surface area contributed by atoms with Crippen LogP contribution < -0.4 is 9.80 Å². The van der Waals surface area contributed by atoms with Gasteiger partial charge in [-0.15, -0.1) is 0 Å². The molecule has 1 aliphatic heterocycles. The molecule has 1 fully saturated rings. The molecule has 0 unspecified atom stereocenters. The number of anilines is 2. The molecular weight excluding hydrogens is 383 g/mol. The number of carbonyl (C=O) groups excluding carboxylic acids is 2. The zero-order valence-corrected chi connectivity index (χ0v) is 17.9. The van der Waals surface area contributed by atoms with Gasteiger partial charge in [0.2, 0.25) is 11.8 Å². The molecule has 7 heteroatoms. The number of aryl methyl sites for hydroxylation is 2. The van der Waals surface area contributed by atoms with Crippen LogP contribution in [0.5, 0.6) is 0 Å². The van der Waals surface area contributed by atoms with E-state index in [9.17, 15) is 14.0 Å². The standard InChI is InChI=1S/C23H29FN4O2/c1-4-22(29)26(3)21-9-8-19(15-20(21)24)27-11-13-28(14-12-27)23(30)10-7-18-6-5-17(2)25-16-18/h5-6,8-9,15-16H,4,7,10-14H2,1-3H3. The Morgan fingerprint density at radius 2 is 1.87 bits per heavy atom. The minimum Gasteiger partial charge on any atom is -0.368 e. The summed E-state index contributed by atoms with van der Waals surface area (Å²) in [7, 11) is 1.58. The molecule has 6 nitrogen and oxygen atoms in total. The Kier molecular flexibility index (Phi) is 7.03. The van der Waals surface area contributed by atoms with Crippen molar-refractivity contribution in [2.45, 2.75) is 33.1 Å². The lowest BCUT2D eigenvalue weighted by Crippen LogP contribution is -2.48. The first-order valence-electron chi connectivity index (χ1n) is 10.4. The van der Waals surface area contributed by atoms with Gasteiger partial charge >= 0.3 is 0 Å². The first-order valence-corrected chi connectivity index (χ1v) is 10.4. The molecule has 0 radical (unpaired) electrons. The highest BCUT2D eigenvalue weighted by Crippen LogP contribution is 2.25. The molecule has 0 saturated carbocycles. The summed E-state index contributed by atoms with van der Waals surface area (Å²) in [5, 5.41) is 0. The van der Waals surface area contributed by atoms with Crippen LogP contribution in [0.15, 0.2) is 36.5 Å². The highest BCUT2D eigenvalue weighted by molar-refractivity contribution is 5.92. The molecule has 2 aromatic rings. The topological polar surface area (TPSA) is 56.8 Å². The number of pyridine rings is 1. The zero-order valence-electron chi connectivity index (χ0n) is 17.9. The number of halogens is 1. The predicted octanol–water partition coefficient (Wildman–Crippen LogP) is 3.18. The minimum atomic E-state index is -0.415. The summed E-state index contributed by atoms with van der Waals surface area (Å²) in [5.41, 5.74) is 3.08. The normalized spacial score (nSPS) is 14.0. The van der Waals surface area contributed by atoms with Gasteiger partial charge in [0.15, 0.2) is 0 Å². The van der Waals surface area contributed by atoms with Crippen LogP contribution in [0, 0.1) is 12.7 Å². The maximum absolute atomic E-state index is 14.6. The van der Waals surface area contributed by atoms with Gasteiger partial charge in [0.1, 0.15) is 5.82 Å². The molecule has 1 aromatic heterocycles. The zero-order chi connectivity index (χ0) is 21.7.